The lowest BCUT2D eigenvalue weighted by molar-refractivity contribution is 0.0950. The van der Waals surface area contributed by atoms with E-state index < -0.39 is 0 Å². The first-order valence-corrected chi connectivity index (χ1v) is 5.92. The SMILES string of the molecule is CNC(C)CNC(=O)c1ccc2c(c1)CCO2. The van der Waals surface area contributed by atoms with Crippen LogP contribution in [0, 0.1) is 0 Å². The minimum atomic E-state index is -0.0261. The largest absolute Gasteiger partial charge is 0.493 e. The number of hydrogen-bond donors (Lipinski definition) is 2. The molecule has 1 amide bonds. The molecule has 0 spiro atoms. The Balaban J connectivity index is 2.00. The number of carbonyl (C=O) groups is 1. The standard InChI is InChI=1S/C13H18N2O2/c1-9(14-2)8-15-13(16)11-3-4-12-10(7-11)5-6-17-12/h3-4,7,9,14H,5-6,8H2,1-2H3,(H,15,16). The highest BCUT2D eigenvalue weighted by Gasteiger charge is 2.14. The number of fused-ring (bicyclic) bond motifs is 1. The van der Waals surface area contributed by atoms with Crippen LogP contribution in [-0.4, -0.2) is 32.1 Å². The molecule has 4 nitrogen and oxygen atoms in total. The molecule has 1 heterocycles. The van der Waals surface area contributed by atoms with Gasteiger partial charge in [0, 0.05) is 24.6 Å². The van der Waals surface area contributed by atoms with Gasteiger partial charge >= 0.3 is 0 Å². The lowest BCUT2D eigenvalue weighted by Crippen LogP contribution is -2.37. The quantitative estimate of drug-likeness (QED) is 0.816. The van der Waals surface area contributed by atoms with E-state index in [0.29, 0.717) is 12.1 Å². The van der Waals surface area contributed by atoms with E-state index in [-0.39, 0.29) is 11.9 Å². The van der Waals surface area contributed by atoms with Crippen LogP contribution in [0.1, 0.15) is 22.8 Å². The van der Waals surface area contributed by atoms with E-state index >= 15 is 0 Å². The summed E-state index contributed by atoms with van der Waals surface area (Å²) in [5.41, 5.74) is 1.83. The third-order valence-corrected chi connectivity index (χ3v) is 3.01. The van der Waals surface area contributed by atoms with Crippen LogP contribution in [0.15, 0.2) is 18.2 Å². The Bertz CT molecular complexity index is 418. The number of hydrogen-bond acceptors (Lipinski definition) is 3. The molecule has 92 valence electrons. The summed E-state index contributed by atoms with van der Waals surface area (Å²) in [4.78, 5) is 11.9. The van der Waals surface area contributed by atoms with Crippen LogP contribution in [-0.2, 0) is 6.42 Å². The van der Waals surface area contributed by atoms with E-state index in [2.05, 4.69) is 10.6 Å². The minimum Gasteiger partial charge on any atom is -0.493 e. The topological polar surface area (TPSA) is 50.4 Å². The fraction of sp³-hybridized carbons (Fsp3) is 0.462. The van der Waals surface area contributed by atoms with Crippen molar-refractivity contribution < 1.29 is 9.53 Å². The summed E-state index contributed by atoms with van der Waals surface area (Å²) in [6.07, 6.45) is 0.892. The van der Waals surface area contributed by atoms with Crippen molar-refractivity contribution in [3.63, 3.8) is 0 Å². The maximum absolute atomic E-state index is 11.9. The molecule has 0 aliphatic carbocycles. The van der Waals surface area contributed by atoms with E-state index in [0.717, 1.165) is 24.3 Å². The molecule has 1 aromatic carbocycles. The zero-order chi connectivity index (χ0) is 12.3. The number of carbonyl (C=O) groups excluding carboxylic acids is 1. The molecule has 2 N–H and O–H groups in total. The molecule has 2 rings (SSSR count). The highest BCUT2D eigenvalue weighted by atomic mass is 16.5. The molecule has 0 saturated heterocycles. The number of benzene rings is 1. The van der Waals surface area contributed by atoms with Crippen molar-refractivity contribution in [2.24, 2.45) is 0 Å². The molecule has 1 atom stereocenters. The van der Waals surface area contributed by atoms with E-state index in [4.69, 9.17) is 4.74 Å². The van der Waals surface area contributed by atoms with Crippen LogP contribution in [0.4, 0.5) is 0 Å². The second-order valence-corrected chi connectivity index (χ2v) is 4.32. The van der Waals surface area contributed by atoms with Gasteiger partial charge < -0.3 is 15.4 Å². The molecule has 1 unspecified atom stereocenters. The molecule has 0 radical (unpaired) electrons. The van der Waals surface area contributed by atoms with Gasteiger partial charge in [-0.15, -0.1) is 0 Å². The lowest BCUT2D eigenvalue weighted by atomic mass is 10.1. The molecule has 4 heteroatoms. The van der Waals surface area contributed by atoms with Gasteiger partial charge in [0.25, 0.3) is 5.91 Å². The predicted molar refractivity (Wildman–Crippen MR) is 66.5 cm³/mol. The van der Waals surface area contributed by atoms with E-state index in [1.54, 1.807) is 0 Å². The molecule has 0 fully saturated rings. The van der Waals surface area contributed by atoms with E-state index in [9.17, 15) is 4.79 Å². The zero-order valence-corrected chi connectivity index (χ0v) is 10.2. The Hall–Kier alpha value is -1.55. The monoisotopic (exact) mass is 234 g/mol. The highest BCUT2D eigenvalue weighted by Crippen LogP contribution is 2.25. The lowest BCUT2D eigenvalue weighted by Gasteiger charge is -2.11. The van der Waals surface area contributed by atoms with Crippen LogP contribution in [0.25, 0.3) is 0 Å². The molecular formula is C13H18N2O2. The minimum absolute atomic E-state index is 0.0261. The fourth-order valence-corrected chi connectivity index (χ4v) is 1.78. The van der Waals surface area contributed by atoms with Gasteiger partial charge in [-0.2, -0.15) is 0 Å². The van der Waals surface area contributed by atoms with Gasteiger partial charge in [0.05, 0.1) is 6.61 Å². The van der Waals surface area contributed by atoms with Gasteiger partial charge in [-0.3, -0.25) is 4.79 Å². The normalized spacial score (nSPS) is 14.9. The van der Waals surface area contributed by atoms with Crippen molar-refractivity contribution in [3.8, 4) is 5.75 Å². The van der Waals surface area contributed by atoms with Crippen LogP contribution < -0.4 is 15.4 Å². The van der Waals surface area contributed by atoms with Crippen molar-refractivity contribution >= 4 is 5.91 Å². The molecule has 1 aliphatic rings. The molecule has 0 saturated carbocycles. The summed E-state index contributed by atoms with van der Waals surface area (Å²) in [6.45, 7) is 3.37. The molecule has 1 aromatic rings. The van der Waals surface area contributed by atoms with Gasteiger partial charge in [0.15, 0.2) is 0 Å². The first-order valence-electron chi connectivity index (χ1n) is 5.92. The van der Waals surface area contributed by atoms with Gasteiger partial charge in [0.2, 0.25) is 0 Å². The first kappa shape index (κ1) is 11.9. The van der Waals surface area contributed by atoms with E-state index in [1.807, 2.05) is 32.2 Å². The highest BCUT2D eigenvalue weighted by molar-refractivity contribution is 5.94. The van der Waals surface area contributed by atoms with Gasteiger partial charge in [-0.1, -0.05) is 0 Å². The third kappa shape index (κ3) is 2.77. The van der Waals surface area contributed by atoms with Crippen LogP contribution in [0.2, 0.25) is 0 Å². The predicted octanol–water partition coefficient (Wildman–Crippen LogP) is 0.959. The molecular weight excluding hydrogens is 216 g/mol. The fourth-order valence-electron chi connectivity index (χ4n) is 1.78. The van der Waals surface area contributed by atoms with Gasteiger partial charge in [0.1, 0.15) is 5.75 Å². The Kier molecular flexibility index (Phi) is 3.64. The summed E-state index contributed by atoms with van der Waals surface area (Å²) >= 11 is 0. The maximum Gasteiger partial charge on any atom is 0.251 e. The number of likely N-dealkylation sites (N-methyl/N-ethyl adjacent to an activating group) is 1. The number of rotatable bonds is 4. The van der Waals surface area contributed by atoms with Crippen molar-refractivity contribution in [1.29, 1.82) is 0 Å². The Morgan fingerprint density at radius 2 is 2.35 bits per heavy atom. The third-order valence-electron chi connectivity index (χ3n) is 3.01. The van der Waals surface area contributed by atoms with E-state index in [1.165, 1.54) is 0 Å². The Morgan fingerprint density at radius 1 is 1.53 bits per heavy atom. The van der Waals surface area contributed by atoms with Crippen LogP contribution in [0.3, 0.4) is 0 Å². The summed E-state index contributed by atoms with van der Waals surface area (Å²) in [5, 5.41) is 5.98. The van der Waals surface area contributed by atoms with Crippen LogP contribution >= 0.6 is 0 Å². The van der Waals surface area contributed by atoms with Crippen molar-refractivity contribution in [3.05, 3.63) is 29.3 Å². The first-order chi connectivity index (χ1) is 8.20. The zero-order valence-electron chi connectivity index (χ0n) is 10.2. The summed E-state index contributed by atoms with van der Waals surface area (Å²) in [6, 6.07) is 5.88. The van der Waals surface area contributed by atoms with Gasteiger partial charge in [-0.05, 0) is 37.7 Å². The number of ether oxygens (including phenoxy) is 1. The summed E-state index contributed by atoms with van der Waals surface area (Å²) < 4.78 is 5.41. The molecule has 1 aliphatic heterocycles. The summed E-state index contributed by atoms with van der Waals surface area (Å²) in [7, 11) is 1.88. The number of amides is 1. The smallest absolute Gasteiger partial charge is 0.251 e. The Labute approximate surface area is 101 Å². The van der Waals surface area contributed by atoms with Crippen molar-refractivity contribution in [2.45, 2.75) is 19.4 Å². The summed E-state index contributed by atoms with van der Waals surface area (Å²) in [5.74, 6) is 0.881. The van der Waals surface area contributed by atoms with Crippen LogP contribution in [0.5, 0.6) is 5.75 Å². The van der Waals surface area contributed by atoms with Gasteiger partial charge in [-0.25, -0.2) is 0 Å². The van der Waals surface area contributed by atoms with Crippen molar-refractivity contribution in [1.82, 2.24) is 10.6 Å². The molecule has 17 heavy (non-hydrogen) atoms. The maximum atomic E-state index is 11.9. The average Bonchev–Trinajstić information content (AvgIpc) is 2.82. The van der Waals surface area contributed by atoms with Crippen molar-refractivity contribution in [2.75, 3.05) is 20.2 Å². The second-order valence-electron chi connectivity index (χ2n) is 4.32. The molecule has 0 bridgehead atoms. The Morgan fingerprint density at radius 3 is 3.12 bits per heavy atom. The average molecular weight is 234 g/mol. The second kappa shape index (κ2) is 5.19. The molecule has 0 aromatic heterocycles. The number of nitrogens with one attached hydrogen (secondary N) is 2.